The summed E-state index contributed by atoms with van der Waals surface area (Å²) in [5, 5.41) is 2.32. The number of hydrogen-bond acceptors (Lipinski definition) is 5. The maximum absolute atomic E-state index is 12.4. The smallest absolute Gasteiger partial charge is 0.387 e. The standard InChI is InChI=1S/C21H22F2N2O5/c1-12-8-17(13(2)25(12)15-6-7-15)18(26)11-29-19(27)10-24-20(28)14-4-3-5-16(9-14)30-21(22)23/h3-5,8-9,15,21H,6-7,10-11H2,1-2H3,(H,24,28). The van der Waals surface area contributed by atoms with E-state index in [-0.39, 0.29) is 17.1 Å². The van der Waals surface area contributed by atoms with Gasteiger partial charge < -0.3 is 19.4 Å². The van der Waals surface area contributed by atoms with Crippen LogP contribution in [0.2, 0.25) is 0 Å². The highest BCUT2D eigenvalue weighted by Gasteiger charge is 2.28. The number of amides is 1. The zero-order chi connectivity index (χ0) is 21.8. The summed E-state index contributed by atoms with van der Waals surface area (Å²) in [4.78, 5) is 36.4. The van der Waals surface area contributed by atoms with Gasteiger partial charge in [0.15, 0.2) is 6.61 Å². The summed E-state index contributed by atoms with van der Waals surface area (Å²) >= 11 is 0. The van der Waals surface area contributed by atoms with Crippen molar-refractivity contribution in [2.45, 2.75) is 39.3 Å². The molecule has 1 aliphatic carbocycles. The molecule has 0 aliphatic heterocycles. The average molecular weight is 420 g/mol. The van der Waals surface area contributed by atoms with Crippen LogP contribution in [0.4, 0.5) is 8.78 Å². The third-order valence-corrected chi connectivity index (χ3v) is 4.78. The van der Waals surface area contributed by atoms with Crippen LogP contribution >= 0.6 is 0 Å². The maximum atomic E-state index is 12.4. The Labute approximate surface area is 172 Å². The minimum absolute atomic E-state index is 0.0459. The number of nitrogens with zero attached hydrogens (tertiary/aromatic N) is 1. The van der Waals surface area contributed by atoms with Crippen LogP contribution in [0.1, 0.15) is 51.0 Å². The van der Waals surface area contributed by atoms with Gasteiger partial charge in [-0.05, 0) is 51.0 Å². The number of rotatable bonds is 9. The van der Waals surface area contributed by atoms with Crippen molar-refractivity contribution in [3.63, 3.8) is 0 Å². The highest BCUT2D eigenvalue weighted by molar-refractivity contribution is 6.00. The number of alkyl halides is 2. The second-order valence-electron chi connectivity index (χ2n) is 7.06. The van der Waals surface area contributed by atoms with Gasteiger partial charge in [-0.3, -0.25) is 14.4 Å². The van der Waals surface area contributed by atoms with E-state index in [0.29, 0.717) is 11.6 Å². The second-order valence-corrected chi connectivity index (χ2v) is 7.06. The molecule has 1 N–H and O–H groups in total. The number of Topliss-reactive ketones (excluding diaryl/α,β-unsaturated/α-hetero) is 1. The molecule has 3 rings (SSSR count). The summed E-state index contributed by atoms with van der Waals surface area (Å²) in [6.07, 6.45) is 2.19. The van der Waals surface area contributed by atoms with Gasteiger partial charge in [-0.1, -0.05) is 6.07 Å². The summed E-state index contributed by atoms with van der Waals surface area (Å²) in [5.74, 6) is -1.93. The van der Waals surface area contributed by atoms with Crippen molar-refractivity contribution in [2.24, 2.45) is 0 Å². The Morgan fingerprint density at radius 1 is 1.20 bits per heavy atom. The molecular formula is C21H22F2N2O5. The molecule has 160 valence electrons. The Morgan fingerprint density at radius 2 is 1.93 bits per heavy atom. The van der Waals surface area contributed by atoms with Crippen LogP contribution in [-0.4, -0.2) is 42.0 Å². The predicted molar refractivity (Wildman–Crippen MR) is 103 cm³/mol. The number of ketones is 1. The van der Waals surface area contributed by atoms with Gasteiger partial charge in [-0.25, -0.2) is 0 Å². The SMILES string of the molecule is Cc1cc(C(=O)COC(=O)CNC(=O)c2cccc(OC(F)F)c2)c(C)n1C1CC1. The van der Waals surface area contributed by atoms with E-state index in [1.54, 1.807) is 6.07 Å². The summed E-state index contributed by atoms with van der Waals surface area (Å²) in [6.45, 7) is -0.101. The monoisotopic (exact) mass is 420 g/mol. The van der Waals surface area contributed by atoms with E-state index in [1.165, 1.54) is 18.2 Å². The van der Waals surface area contributed by atoms with Gasteiger partial charge in [0.25, 0.3) is 5.91 Å². The molecule has 1 aromatic carbocycles. The Balaban J connectivity index is 1.49. The number of esters is 1. The minimum atomic E-state index is -3.01. The van der Waals surface area contributed by atoms with E-state index >= 15 is 0 Å². The first-order valence-corrected chi connectivity index (χ1v) is 9.46. The second kappa shape index (κ2) is 9.06. The molecule has 7 nitrogen and oxygen atoms in total. The average Bonchev–Trinajstić information content (AvgIpc) is 3.48. The number of carbonyl (C=O) groups is 3. The fraction of sp³-hybridized carbons (Fsp3) is 0.381. The zero-order valence-corrected chi connectivity index (χ0v) is 16.6. The van der Waals surface area contributed by atoms with Gasteiger partial charge in [0.1, 0.15) is 12.3 Å². The van der Waals surface area contributed by atoms with Crippen LogP contribution in [0.3, 0.4) is 0 Å². The molecule has 0 saturated heterocycles. The van der Waals surface area contributed by atoms with Crippen molar-refractivity contribution in [1.29, 1.82) is 0 Å². The van der Waals surface area contributed by atoms with Gasteiger partial charge in [0, 0.05) is 28.6 Å². The third kappa shape index (κ3) is 5.22. The highest BCUT2D eigenvalue weighted by atomic mass is 19.3. The topological polar surface area (TPSA) is 86.6 Å². The van der Waals surface area contributed by atoms with Crippen molar-refractivity contribution in [2.75, 3.05) is 13.2 Å². The lowest BCUT2D eigenvalue weighted by atomic mass is 10.1. The number of aryl methyl sites for hydroxylation is 1. The number of hydrogen-bond donors (Lipinski definition) is 1. The maximum Gasteiger partial charge on any atom is 0.387 e. The van der Waals surface area contributed by atoms with Gasteiger partial charge in [-0.2, -0.15) is 8.78 Å². The van der Waals surface area contributed by atoms with Crippen molar-refractivity contribution >= 4 is 17.7 Å². The first-order valence-electron chi connectivity index (χ1n) is 9.46. The summed E-state index contributed by atoms with van der Waals surface area (Å²) in [5.41, 5.74) is 2.42. The lowest BCUT2D eigenvalue weighted by Crippen LogP contribution is -2.31. The summed E-state index contributed by atoms with van der Waals surface area (Å²) in [6, 6.07) is 7.41. The van der Waals surface area contributed by atoms with Crippen LogP contribution in [0.15, 0.2) is 30.3 Å². The highest BCUT2D eigenvalue weighted by Crippen LogP contribution is 2.38. The van der Waals surface area contributed by atoms with Gasteiger partial charge in [-0.15, -0.1) is 0 Å². The van der Waals surface area contributed by atoms with E-state index in [4.69, 9.17) is 4.74 Å². The number of benzene rings is 1. The predicted octanol–water partition coefficient (Wildman–Crippen LogP) is 3.20. The van der Waals surface area contributed by atoms with Crippen molar-refractivity contribution in [3.05, 3.63) is 52.8 Å². The Bertz CT molecular complexity index is 966. The molecule has 2 aromatic rings. The molecule has 0 spiro atoms. The Hall–Kier alpha value is -3.23. The van der Waals surface area contributed by atoms with Crippen molar-refractivity contribution in [1.82, 2.24) is 9.88 Å². The van der Waals surface area contributed by atoms with Crippen LogP contribution in [0.25, 0.3) is 0 Å². The fourth-order valence-corrected chi connectivity index (χ4v) is 3.30. The number of aromatic nitrogens is 1. The van der Waals surface area contributed by atoms with Gasteiger partial charge in [0.05, 0.1) is 0 Å². The van der Waals surface area contributed by atoms with E-state index in [2.05, 4.69) is 14.6 Å². The molecule has 1 saturated carbocycles. The van der Waals surface area contributed by atoms with E-state index in [0.717, 1.165) is 30.3 Å². The molecule has 0 bridgehead atoms. The molecule has 1 heterocycles. The summed E-state index contributed by atoms with van der Waals surface area (Å²) in [7, 11) is 0. The molecule has 1 aromatic heterocycles. The fourth-order valence-electron chi connectivity index (χ4n) is 3.30. The Morgan fingerprint density at radius 3 is 2.60 bits per heavy atom. The summed E-state index contributed by atoms with van der Waals surface area (Å²) < 4.78 is 35.8. The number of halogens is 2. The van der Waals surface area contributed by atoms with E-state index in [9.17, 15) is 23.2 Å². The number of nitrogens with one attached hydrogen (secondary N) is 1. The number of carbonyl (C=O) groups excluding carboxylic acids is 3. The lowest BCUT2D eigenvalue weighted by molar-refractivity contribution is -0.141. The molecule has 9 heteroatoms. The molecule has 1 aliphatic rings. The van der Waals surface area contributed by atoms with Crippen molar-refractivity contribution < 1.29 is 32.6 Å². The lowest BCUT2D eigenvalue weighted by Gasteiger charge is -2.09. The molecule has 0 atom stereocenters. The van der Waals surface area contributed by atoms with Gasteiger partial charge in [0.2, 0.25) is 5.78 Å². The van der Waals surface area contributed by atoms with Crippen LogP contribution in [0, 0.1) is 13.8 Å². The van der Waals surface area contributed by atoms with Crippen LogP contribution in [-0.2, 0) is 9.53 Å². The van der Waals surface area contributed by atoms with E-state index in [1.807, 2.05) is 13.8 Å². The minimum Gasteiger partial charge on any atom is -0.456 e. The quantitative estimate of drug-likeness (QED) is 0.497. The first-order chi connectivity index (χ1) is 14.3. The Kier molecular flexibility index (Phi) is 6.49. The van der Waals surface area contributed by atoms with Crippen molar-refractivity contribution in [3.8, 4) is 5.75 Å². The molecule has 30 heavy (non-hydrogen) atoms. The molecule has 1 fully saturated rings. The van der Waals surface area contributed by atoms with Crippen LogP contribution < -0.4 is 10.1 Å². The third-order valence-electron chi connectivity index (χ3n) is 4.78. The normalized spacial score (nSPS) is 13.2. The molecular weight excluding hydrogens is 398 g/mol. The van der Waals surface area contributed by atoms with Gasteiger partial charge >= 0.3 is 12.6 Å². The zero-order valence-electron chi connectivity index (χ0n) is 16.6. The largest absolute Gasteiger partial charge is 0.456 e. The number of ether oxygens (including phenoxy) is 2. The first kappa shape index (κ1) is 21.5. The molecule has 0 unspecified atom stereocenters. The van der Waals surface area contributed by atoms with E-state index < -0.39 is 31.6 Å². The molecule has 1 amide bonds. The van der Waals surface area contributed by atoms with Crippen LogP contribution in [0.5, 0.6) is 5.75 Å². The molecule has 0 radical (unpaired) electrons.